The van der Waals surface area contributed by atoms with Gasteiger partial charge in [-0.15, -0.1) is 0 Å². The lowest BCUT2D eigenvalue weighted by molar-refractivity contribution is 0.00152. The van der Waals surface area contributed by atoms with Gasteiger partial charge in [-0.25, -0.2) is 4.79 Å². The Bertz CT molecular complexity index is 699. The summed E-state index contributed by atoms with van der Waals surface area (Å²) >= 11 is 0. The number of ether oxygens (including phenoxy) is 1. The first-order valence-electron chi connectivity index (χ1n) is 12.2. The van der Waals surface area contributed by atoms with E-state index in [0.29, 0.717) is 19.6 Å². The minimum absolute atomic E-state index is 0.0627. The van der Waals surface area contributed by atoms with Gasteiger partial charge in [0.05, 0.1) is 25.3 Å². The first-order valence-corrected chi connectivity index (χ1v) is 18.1. The molecule has 1 aliphatic rings. The predicted molar refractivity (Wildman–Crippen MR) is 142 cm³/mol. The van der Waals surface area contributed by atoms with Gasteiger partial charge in [0.2, 0.25) is 0 Å². The van der Waals surface area contributed by atoms with Gasteiger partial charge in [0.15, 0.2) is 16.6 Å². The average molecular weight is 502 g/mol. The fourth-order valence-electron chi connectivity index (χ4n) is 3.05. The number of carbonyl (C=O) groups is 1. The standard InChI is InChI=1S/C25H51NO5Si2/c1-23(2,3)31-22(28)26-17-20(27)16-19(14-15-29-32(10,11)24(4,5)6)21(26)18-30-33(12,13)25(7,8)9/h16,20-21,27H,14-15,17-18H2,1-13H3. The zero-order valence-electron chi connectivity index (χ0n) is 23.6. The van der Waals surface area contributed by atoms with Crippen molar-refractivity contribution in [3.05, 3.63) is 11.6 Å². The van der Waals surface area contributed by atoms with Crippen LogP contribution in [-0.2, 0) is 13.6 Å². The molecule has 1 rings (SSSR count). The van der Waals surface area contributed by atoms with Crippen LogP contribution < -0.4 is 0 Å². The summed E-state index contributed by atoms with van der Waals surface area (Å²) in [7, 11) is -3.92. The van der Waals surface area contributed by atoms with Gasteiger partial charge in [-0.3, -0.25) is 4.90 Å². The molecule has 194 valence electrons. The molecule has 0 spiro atoms. The molecule has 2 atom stereocenters. The molecule has 0 saturated carbocycles. The van der Waals surface area contributed by atoms with Crippen LogP contribution in [0.25, 0.3) is 0 Å². The Morgan fingerprint density at radius 3 is 1.91 bits per heavy atom. The molecule has 1 N–H and O–H groups in total. The number of aliphatic hydroxyl groups is 1. The third-order valence-electron chi connectivity index (χ3n) is 7.29. The summed E-state index contributed by atoms with van der Waals surface area (Å²) in [5.41, 5.74) is 0.372. The summed E-state index contributed by atoms with van der Waals surface area (Å²) in [5, 5.41) is 10.8. The van der Waals surface area contributed by atoms with Crippen molar-refractivity contribution in [1.82, 2.24) is 4.90 Å². The Kier molecular flexibility index (Phi) is 9.68. The number of rotatable bonds is 7. The van der Waals surface area contributed by atoms with Gasteiger partial charge < -0.3 is 18.7 Å². The zero-order chi connectivity index (χ0) is 26.0. The molecule has 0 aromatic heterocycles. The molecule has 0 aliphatic carbocycles. The second-order valence-corrected chi connectivity index (χ2v) is 23.0. The van der Waals surface area contributed by atoms with Gasteiger partial charge in [0.1, 0.15) is 5.60 Å². The van der Waals surface area contributed by atoms with Crippen molar-refractivity contribution in [2.24, 2.45) is 0 Å². The highest BCUT2D eigenvalue weighted by Crippen LogP contribution is 2.38. The van der Waals surface area contributed by atoms with E-state index >= 15 is 0 Å². The quantitative estimate of drug-likeness (QED) is 0.326. The number of aliphatic hydroxyl groups excluding tert-OH is 1. The molecule has 33 heavy (non-hydrogen) atoms. The van der Waals surface area contributed by atoms with E-state index in [4.69, 9.17) is 13.6 Å². The first kappa shape index (κ1) is 30.4. The second-order valence-electron chi connectivity index (χ2n) is 13.4. The monoisotopic (exact) mass is 501 g/mol. The molecule has 0 fully saturated rings. The van der Waals surface area contributed by atoms with Crippen molar-refractivity contribution in [3.8, 4) is 0 Å². The van der Waals surface area contributed by atoms with Crippen LogP contribution in [-0.4, -0.2) is 70.2 Å². The first-order chi connectivity index (χ1) is 14.6. The smallest absolute Gasteiger partial charge is 0.410 e. The number of nitrogens with zero attached hydrogens (tertiary/aromatic N) is 1. The van der Waals surface area contributed by atoms with E-state index in [2.05, 4.69) is 67.7 Å². The van der Waals surface area contributed by atoms with E-state index < -0.39 is 34.4 Å². The Labute approximate surface area is 205 Å². The fourth-order valence-corrected chi connectivity index (χ4v) is 5.11. The van der Waals surface area contributed by atoms with Gasteiger partial charge in [-0.05, 0) is 69.0 Å². The highest BCUT2D eigenvalue weighted by molar-refractivity contribution is 6.74. The summed E-state index contributed by atoms with van der Waals surface area (Å²) in [5.74, 6) is 0. The number of amides is 1. The molecule has 1 amide bonds. The maximum atomic E-state index is 13.1. The SMILES string of the molecule is CC(C)(C)OC(=O)N1CC(O)C=C(CCO[Si](C)(C)C(C)(C)C)C1CO[Si](C)(C)C(C)(C)C. The van der Waals surface area contributed by atoms with E-state index in [1.54, 1.807) is 4.90 Å². The Morgan fingerprint density at radius 1 is 0.970 bits per heavy atom. The molecule has 0 aromatic carbocycles. The molecule has 8 heteroatoms. The van der Waals surface area contributed by atoms with E-state index in [1.165, 1.54) is 0 Å². The van der Waals surface area contributed by atoms with E-state index in [0.717, 1.165) is 5.57 Å². The Balaban J connectivity index is 3.14. The minimum Gasteiger partial charge on any atom is -0.444 e. The van der Waals surface area contributed by atoms with Gasteiger partial charge in [-0.1, -0.05) is 47.6 Å². The van der Waals surface area contributed by atoms with Crippen LogP contribution in [0.3, 0.4) is 0 Å². The molecule has 2 unspecified atom stereocenters. The Hall–Kier alpha value is -0.676. The molecule has 6 nitrogen and oxygen atoms in total. The second kappa shape index (κ2) is 10.5. The highest BCUT2D eigenvalue weighted by Gasteiger charge is 2.41. The van der Waals surface area contributed by atoms with Crippen LogP contribution >= 0.6 is 0 Å². The van der Waals surface area contributed by atoms with Crippen LogP contribution in [0.15, 0.2) is 11.6 Å². The molecule has 0 aromatic rings. The van der Waals surface area contributed by atoms with Crippen molar-refractivity contribution in [1.29, 1.82) is 0 Å². The van der Waals surface area contributed by atoms with Crippen LogP contribution in [0.1, 0.15) is 68.7 Å². The Morgan fingerprint density at radius 2 is 1.45 bits per heavy atom. The van der Waals surface area contributed by atoms with E-state index in [-0.39, 0.29) is 22.7 Å². The average Bonchev–Trinajstić information content (AvgIpc) is 2.56. The van der Waals surface area contributed by atoms with Crippen LogP contribution in [0.4, 0.5) is 4.79 Å². The van der Waals surface area contributed by atoms with Gasteiger partial charge in [0.25, 0.3) is 0 Å². The van der Waals surface area contributed by atoms with Crippen molar-refractivity contribution in [3.63, 3.8) is 0 Å². The maximum Gasteiger partial charge on any atom is 0.410 e. The molecule has 1 heterocycles. The number of β-amino-alcohol motifs (C(OH)–C–C–N with tert-alkyl or cyclic N) is 1. The van der Waals surface area contributed by atoms with Crippen LogP contribution in [0, 0.1) is 0 Å². The highest BCUT2D eigenvalue weighted by atomic mass is 28.4. The predicted octanol–water partition coefficient (Wildman–Crippen LogP) is 6.33. The van der Waals surface area contributed by atoms with E-state index in [1.807, 2.05) is 26.8 Å². The maximum absolute atomic E-state index is 13.1. The lowest BCUT2D eigenvalue weighted by atomic mass is 9.97. The molecule has 1 aliphatic heterocycles. The zero-order valence-corrected chi connectivity index (χ0v) is 25.6. The van der Waals surface area contributed by atoms with Crippen molar-refractivity contribution < 1.29 is 23.5 Å². The normalized spacial score (nSPS) is 21.2. The summed E-state index contributed by atoms with van der Waals surface area (Å²) in [6.45, 7) is 28.9. The topological polar surface area (TPSA) is 68.2 Å². The van der Waals surface area contributed by atoms with Crippen molar-refractivity contribution in [2.75, 3.05) is 19.8 Å². The van der Waals surface area contributed by atoms with Crippen molar-refractivity contribution in [2.45, 2.75) is 123 Å². The van der Waals surface area contributed by atoms with Crippen LogP contribution in [0.2, 0.25) is 36.3 Å². The summed E-state index contributed by atoms with van der Waals surface area (Å²) in [6.07, 6.45) is 1.38. The largest absolute Gasteiger partial charge is 0.444 e. The number of hydrogen-bond donors (Lipinski definition) is 1. The molecule has 0 saturated heterocycles. The van der Waals surface area contributed by atoms with Gasteiger partial charge in [0, 0.05) is 6.61 Å². The lowest BCUT2D eigenvalue weighted by Crippen LogP contribution is -2.54. The molecular weight excluding hydrogens is 450 g/mol. The van der Waals surface area contributed by atoms with Gasteiger partial charge in [-0.2, -0.15) is 0 Å². The number of hydrogen-bond acceptors (Lipinski definition) is 5. The number of carbonyl (C=O) groups excluding carboxylic acids is 1. The molecular formula is C25H51NO5Si2. The van der Waals surface area contributed by atoms with Crippen LogP contribution in [0.5, 0.6) is 0 Å². The summed E-state index contributed by atoms with van der Waals surface area (Å²) in [4.78, 5) is 14.7. The van der Waals surface area contributed by atoms with Crippen molar-refractivity contribution >= 4 is 22.7 Å². The third kappa shape index (κ3) is 8.80. The summed E-state index contributed by atoms with van der Waals surface area (Å²) < 4.78 is 18.6. The van der Waals surface area contributed by atoms with E-state index in [9.17, 15) is 9.90 Å². The lowest BCUT2D eigenvalue weighted by Gasteiger charge is -2.42. The third-order valence-corrected chi connectivity index (χ3v) is 16.3. The summed E-state index contributed by atoms with van der Waals surface area (Å²) in [6, 6.07) is -0.277. The molecule has 0 radical (unpaired) electrons. The minimum atomic E-state index is -2.03. The van der Waals surface area contributed by atoms with Gasteiger partial charge >= 0.3 is 6.09 Å². The fraction of sp³-hybridized carbons (Fsp3) is 0.880. The molecule has 0 bridgehead atoms.